The smallest absolute Gasteiger partial charge is 0.0166 e. The lowest BCUT2D eigenvalue weighted by molar-refractivity contribution is 0.690. The molecule has 0 heterocycles. The summed E-state index contributed by atoms with van der Waals surface area (Å²) in [5.41, 5.74) is 0. The Hall–Kier alpha value is -1.04. The minimum Gasteiger partial charge on any atom is -0.0882 e. The van der Waals surface area contributed by atoms with Gasteiger partial charge in [-0.05, 0) is 38.2 Å². The van der Waals surface area contributed by atoms with E-state index in [-0.39, 0.29) is 0 Å². The SMILES string of the molecule is [C]1=CC=CC=CCC=CCCCCC1. The first-order valence-corrected chi connectivity index (χ1v) is 5.53. The van der Waals surface area contributed by atoms with Crippen LogP contribution >= 0.6 is 0 Å². The molecule has 1 aliphatic carbocycles. The fourth-order valence-electron chi connectivity index (χ4n) is 1.39. The fraction of sp³-hybridized carbons (Fsp3) is 0.429. The van der Waals surface area contributed by atoms with Crippen LogP contribution in [0.4, 0.5) is 0 Å². The van der Waals surface area contributed by atoms with Crippen molar-refractivity contribution >= 4 is 0 Å². The highest BCUT2D eigenvalue weighted by molar-refractivity contribution is 5.10. The second-order valence-electron chi connectivity index (χ2n) is 3.49. The molecule has 0 nitrogen and oxygen atoms in total. The third-order valence-corrected chi connectivity index (χ3v) is 2.20. The quantitative estimate of drug-likeness (QED) is 0.494. The summed E-state index contributed by atoms with van der Waals surface area (Å²) in [5.74, 6) is 0. The summed E-state index contributed by atoms with van der Waals surface area (Å²) >= 11 is 0. The lowest BCUT2D eigenvalue weighted by Crippen LogP contribution is -1.75. The van der Waals surface area contributed by atoms with Crippen molar-refractivity contribution in [3.63, 3.8) is 0 Å². The molecule has 0 heteroatoms. The van der Waals surface area contributed by atoms with Gasteiger partial charge < -0.3 is 0 Å². The molecule has 1 rings (SSSR count). The second kappa shape index (κ2) is 8.55. The van der Waals surface area contributed by atoms with Crippen molar-refractivity contribution in [1.82, 2.24) is 0 Å². The van der Waals surface area contributed by atoms with Gasteiger partial charge in [-0.15, -0.1) is 0 Å². The Labute approximate surface area is 87.7 Å². The zero-order valence-electron chi connectivity index (χ0n) is 8.78. The Kier molecular flexibility index (Phi) is 6.74. The third-order valence-electron chi connectivity index (χ3n) is 2.20. The third kappa shape index (κ3) is 6.47. The zero-order valence-corrected chi connectivity index (χ0v) is 8.78. The van der Waals surface area contributed by atoms with E-state index in [0.29, 0.717) is 0 Å². The molecule has 0 N–H and O–H groups in total. The summed E-state index contributed by atoms with van der Waals surface area (Å²) in [4.78, 5) is 0. The van der Waals surface area contributed by atoms with Crippen molar-refractivity contribution in [2.24, 2.45) is 0 Å². The van der Waals surface area contributed by atoms with E-state index in [1.165, 1.54) is 25.7 Å². The van der Waals surface area contributed by atoms with Crippen molar-refractivity contribution in [2.45, 2.75) is 38.5 Å². The maximum absolute atomic E-state index is 3.28. The van der Waals surface area contributed by atoms with Gasteiger partial charge in [0, 0.05) is 0 Å². The monoisotopic (exact) mass is 187 g/mol. The lowest BCUT2D eigenvalue weighted by atomic mass is 10.1. The van der Waals surface area contributed by atoms with Crippen LogP contribution in [0.2, 0.25) is 0 Å². The van der Waals surface area contributed by atoms with Gasteiger partial charge in [-0.2, -0.15) is 0 Å². The van der Waals surface area contributed by atoms with Crippen LogP contribution in [-0.4, -0.2) is 0 Å². The summed E-state index contributed by atoms with van der Waals surface area (Å²) in [6, 6.07) is 0. The Morgan fingerprint density at radius 3 is 2.79 bits per heavy atom. The first kappa shape index (κ1) is 11.0. The fourth-order valence-corrected chi connectivity index (χ4v) is 1.39. The highest BCUT2D eigenvalue weighted by atomic mass is 13.9. The molecule has 0 saturated heterocycles. The van der Waals surface area contributed by atoms with Gasteiger partial charge in [-0.25, -0.2) is 0 Å². The normalized spacial score (nSPS) is 19.4. The highest BCUT2D eigenvalue weighted by Gasteiger charge is 1.85. The van der Waals surface area contributed by atoms with Gasteiger partial charge in [0.2, 0.25) is 0 Å². The molecule has 0 aromatic carbocycles. The molecule has 0 amide bonds. The van der Waals surface area contributed by atoms with Gasteiger partial charge in [0.25, 0.3) is 0 Å². The van der Waals surface area contributed by atoms with E-state index >= 15 is 0 Å². The predicted octanol–water partition coefficient (Wildman–Crippen LogP) is 4.37. The average molecular weight is 187 g/mol. The van der Waals surface area contributed by atoms with Crippen molar-refractivity contribution < 1.29 is 0 Å². The molecular formula is C14H19. The predicted molar refractivity (Wildman–Crippen MR) is 62.9 cm³/mol. The van der Waals surface area contributed by atoms with Gasteiger partial charge in [0.15, 0.2) is 0 Å². The minimum absolute atomic E-state index is 1.05. The first-order chi connectivity index (χ1) is 7.00. The van der Waals surface area contributed by atoms with Gasteiger partial charge in [0.05, 0.1) is 0 Å². The van der Waals surface area contributed by atoms with Gasteiger partial charge in [-0.1, -0.05) is 49.0 Å². The molecule has 14 heavy (non-hydrogen) atoms. The van der Waals surface area contributed by atoms with Crippen LogP contribution < -0.4 is 0 Å². The maximum Gasteiger partial charge on any atom is -0.0166 e. The Morgan fingerprint density at radius 1 is 0.786 bits per heavy atom. The number of hydrogen-bond donors (Lipinski definition) is 0. The summed E-state index contributed by atoms with van der Waals surface area (Å²) in [6.07, 6.45) is 25.5. The van der Waals surface area contributed by atoms with Crippen LogP contribution in [-0.2, 0) is 0 Å². The van der Waals surface area contributed by atoms with E-state index in [9.17, 15) is 0 Å². The molecule has 75 valence electrons. The van der Waals surface area contributed by atoms with E-state index in [4.69, 9.17) is 0 Å². The summed E-state index contributed by atoms with van der Waals surface area (Å²) in [6.45, 7) is 0. The summed E-state index contributed by atoms with van der Waals surface area (Å²) in [5, 5.41) is 0. The van der Waals surface area contributed by atoms with E-state index in [2.05, 4.69) is 36.5 Å². The van der Waals surface area contributed by atoms with Gasteiger partial charge >= 0.3 is 0 Å². The topological polar surface area (TPSA) is 0 Å². The Bertz CT molecular complexity index is 228. The van der Waals surface area contributed by atoms with Gasteiger partial charge in [0.1, 0.15) is 0 Å². The molecular weight excluding hydrogens is 168 g/mol. The number of hydrogen-bond acceptors (Lipinski definition) is 0. The molecule has 0 aliphatic heterocycles. The van der Waals surface area contributed by atoms with Crippen LogP contribution in [0.25, 0.3) is 0 Å². The van der Waals surface area contributed by atoms with Crippen LogP contribution in [0.15, 0.2) is 42.5 Å². The van der Waals surface area contributed by atoms with E-state index in [0.717, 1.165) is 12.8 Å². The molecule has 0 aromatic heterocycles. The van der Waals surface area contributed by atoms with E-state index in [1.807, 2.05) is 12.2 Å². The standard InChI is InChI=1S/C14H19/c1-2-4-6-8-10-12-14-13-11-9-7-5-3-1/h1-5,8,10H,6,9,11-14H2. The van der Waals surface area contributed by atoms with Crippen molar-refractivity contribution in [1.29, 1.82) is 0 Å². The summed E-state index contributed by atoms with van der Waals surface area (Å²) in [7, 11) is 0. The van der Waals surface area contributed by atoms with Crippen LogP contribution in [0.1, 0.15) is 38.5 Å². The molecule has 0 spiro atoms. The molecule has 1 aliphatic rings. The second-order valence-corrected chi connectivity index (χ2v) is 3.49. The Balaban J connectivity index is 2.36. The van der Waals surface area contributed by atoms with Crippen molar-refractivity contribution in [2.75, 3.05) is 0 Å². The van der Waals surface area contributed by atoms with Crippen LogP contribution in [0.3, 0.4) is 0 Å². The van der Waals surface area contributed by atoms with Crippen molar-refractivity contribution in [3.05, 3.63) is 48.6 Å². The van der Waals surface area contributed by atoms with Crippen molar-refractivity contribution in [3.8, 4) is 0 Å². The number of allylic oxidation sites excluding steroid dienone is 8. The molecule has 0 saturated carbocycles. The maximum atomic E-state index is 3.28. The summed E-state index contributed by atoms with van der Waals surface area (Å²) < 4.78 is 0. The Morgan fingerprint density at radius 2 is 1.79 bits per heavy atom. The molecule has 0 aromatic rings. The molecule has 1 radical (unpaired) electrons. The number of rotatable bonds is 0. The zero-order chi connectivity index (χ0) is 9.90. The van der Waals surface area contributed by atoms with E-state index < -0.39 is 0 Å². The van der Waals surface area contributed by atoms with Crippen LogP contribution in [0, 0.1) is 6.08 Å². The molecule has 0 atom stereocenters. The molecule has 0 fully saturated rings. The molecule has 0 bridgehead atoms. The minimum atomic E-state index is 1.05. The largest absolute Gasteiger partial charge is 0.0882 e. The lowest BCUT2D eigenvalue weighted by Gasteiger charge is -1.94. The van der Waals surface area contributed by atoms with Crippen LogP contribution in [0.5, 0.6) is 0 Å². The van der Waals surface area contributed by atoms with E-state index in [1.54, 1.807) is 0 Å². The van der Waals surface area contributed by atoms with Gasteiger partial charge in [-0.3, -0.25) is 0 Å². The first-order valence-electron chi connectivity index (χ1n) is 5.53. The average Bonchev–Trinajstić information content (AvgIpc) is 2.22. The highest BCUT2D eigenvalue weighted by Crippen LogP contribution is 2.04. The molecule has 0 unspecified atom stereocenters.